The van der Waals surface area contributed by atoms with E-state index in [2.05, 4.69) is 10.2 Å². The minimum Gasteiger partial charge on any atom is -0.493 e. The summed E-state index contributed by atoms with van der Waals surface area (Å²) in [5.74, 6) is 1.24. The second-order valence-corrected chi connectivity index (χ2v) is 7.97. The van der Waals surface area contributed by atoms with Crippen molar-refractivity contribution in [3.63, 3.8) is 0 Å². The minimum absolute atomic E-state index is 0.0770. The van der Waals surface area contributed by atoms with Gasteiger partial charge in [-0.2, -0.15) is 0 Å². The van der Waals surface area contributed by atoms with Crippen LogP contribution in [0.3, 0.4) is 0 Å². The highest BCUT2D eigenvalue weighted by Crippen LogP contribution is 2.30. The third-order valence-electron chi connectivity index (χ3n) is 5.53. The molecular formula is C24H31FN2O5. The fraction of sp³-hybridized carbons (Fsp3) is 0.458. The monoisotopic (exact) mass is 446 g/mol. The minimum atomic E-state index is -0.345. The number of nitrogens with one attached hydrogen (secondary N) is 1. The van der Waals surface area contributed by atoms with Gasteiger partial charge in [-0.25, -0.2) is 4.39 Å². The van der Waals surface area contributed by atoms with Crippen LogP contribution in [0.5, 0.6) is 17.2 Å². The summed E-state index contributed by atoms with van der Waals surface area (Å²) >= 11 is 0. The van der Waals surface area contributed by atoms with Gasteiger partial charge in [-0.3, -0.25) is 9.69 Å². The number of piperidine rings is 1. The maximum absolute atomic E-state index is 13.5. The van der Waals surface area contributed by atoms with Crippen LogP contribution < -0.4 is 19.5 Å². The van der Waals surface area contributed by atoms with Crippen LogP contribution in [0.1, 0.15) is 12.0 Å². The first-order valence-electron chi connectivity index (χ1n) is 10.7. The predicted octanol–water partition coefficient (Wildman–Crippen LogP) is 2.47. The summed E-state index contributed by atoms with van der Waals surface area (Å²) in [6, 6.07) is 11.9. The van der Waals surface area contributed by atoms with Crippen molar-refractivity contribution < 1.29 is 28.5 Å². The van der Waals surface area contributed by atoms with Crippen LogP contribution in [0, 0.1) is 17.7 Å². The van der Waals surface area contributed by atoms with Gasteiger partial charge >= 0.3 is 0 Å². The van der Waals surface area contributed by atoms with Crippen LogP contribution in [0.25, 0.3) is 0 Å². The van der Waals surface area contributed by atoms with E-state index in [0.717, 1.165) is 12.1 Å². The summed E-state index contributed by atoms with van der Waals surface area (Å²) in [6.45, 7) is 2.50. The molecule has 0 aromatic heterocycles. The van der Waals surface area contributed by atoms with Crippen molar-refractivity contribution in [2.24, 2.45) is 11.8 Å². The first-order valence-corrected chi connectivity index (χ1v) is 10.7. The first-order chi connectivity index (χ1) is 15.5. The molecule has 1 fully saturated rings. The zero-order valence-corrected chi connectivity index (χ0v) is 18.6. The molecule has 7 nitrogen and oxygen atoms in total. The molecule has 2 N–H and O–H groups in total. The number of amides is 1. The molecule has 1 saturated heterocycles. The molecule has 2 aromatic carbocycles. The van der Waals surface area contributed by atoms with Crippen molar-refractivity contribution >= 4 is 5.91 Å². The first kappa shape index (κ1) is 23.8. The summed E-state index contributed by atoms with van der Waals surface area (Å²) in [7, 11) is 3.20. The Labute approximate surface area is 188 Å². The van der Waals surface area contributed by atoms with E-state index in [1.807, 2.05) is 18.2 Å². The summed E-state index contributed by atoms with van der Waals surface area (Å²) in [4.78, 5) is 14.8. The number of methoxy groups -OCH3 is 2. The molecule has 1 heterocycles. The highest BCUT2D eigenvalue weighted by Gasteiger charge is 2.32. The van der Waals surface area contributed by atoms with Gasteiger partial charge in [-0.15, -0.1) is 0 Å². The highest BCUT2D eigenvalue weighted by molar-refractivity contribution is 5.79. The van der Waals surface area contributed by atoms with Gasteiger partial charge in [0.1, 0.15) is 11.6 Å². The lowest BCUT2D eigenvalue weighted by molar-refractivity contribution is -0.128. The Balaban J connectivity index is 1.70. The Hall–Kier alpha value is -2.84. The average Bonchev–Trinajstić information content (AvgIpc) is 2.81. The van der Waals surface area contributed by atoms with E-state index in [1.54, 1.807) is 26.4 Å². The third kappa shape index (κ3) is 6.58. The third-order valence-corrected chi connectivity index (χ3v) is 5.53. The van der Waals surface area contributed by atoms with E-state index in [0.29, 0.717) is 43.4 Å². The van der Waals surface area contributed by atoms with E-state index < -0.39 is 0 Å². The summed E-state index contributed by atoms with van der Waals surface area (Å²) < 4.78 is 30.0. The van der Waals surface area contributed by atoms with Gasteiger partial charge in [0.15, 0.2) is 11.5 Å². The molecule has 0 radical (unpaired) electrons. The van der Waals surface area contributed by atoms with Gasteiger partial charge in [-0.05, 0) is 36.2 Å². The molecule has 1 aliphatic heterocycles. The van der Waals surface area contributed by atoms with Crippen molar-refractivity contribution in [3.8, 4) is 17.2 Å². The van der Waals surface area contributed by atoms with E-state index in [9.17, 15) is 9.18 Å². The summed E-state index contributed by atoms with van der Waals surface area (Å²) in [6.07, 6.45) is 0.662. The molecule has 1 amide bonds. The fourth-order valence-corrected chi connectivity index (χ4v) is 4.07. The molecule has 2 aromatic rings. The second kappa shape index (κ2) is 11.7. The number of hydrogen-bond acceptors (Lipinski definition) is 6. The van der Waals surface area contributed by atoms with Crippen LogP contribution in [-0.4, -0.2) is 63.0 Å². The van der Waals surface area contributed by atoms with Crippen molar-refractivity contribution in [2.75, 3.05) is 47.1 Å². The van der Waals surface area contributed by atoms with E-state index >= 15 is 0 Å². The number of carbonyl (C=O) groups excluding carboxylic acids is 1. The number of carbonyl (C=O) groups is 1. The molecule has 0 unspecified atom stereocenters. The van der Waals surface area contributed by atoms with Crippen molar-refractivity contribution in [1.29, 1.82) is 0 Å². The van der Waals surface area contributed by atoms with Gasteiger partial charge < -0.3 is 24.6 Å². The lowest BCUT2D eigenvalue weighted by Gasteiger charge is -2.37. The van der Waals surface area contributed by atoms with Gasteiger partial charge in [0.2, 0.25) is 5.91 Å². The lowest BCUT2D eigenvalue weighted by atomic mass is 9.88. The fourth-order valence-electron chi connectivity index (χ4n) is 4.07. The number of aliphatic hydroxyl groups is 1. The molecule has 8 heteroatoms. The number of ether oxygens (including phenoxy) is 3. The molecule has 0 saturated carbocycles. The van der Waals surface area contributed by atoms with E-state index in [1.165, 1.54) is 12.1 Å². The quantitative estimate of drug-likeness (QED) is 0.584. The van der Waals surface area contributed by atoms with Crippen molar-refractivity contribution in [1.82, 2.24) is 10.2 Å². The molecule has 0 spiro atoms. The normalized spacial score (nSPS) is 18.8. The van der Waals surface area contributed by atoms with Gasteiger partial charge in [0.05, 0.1) is 33.4 Å². The smallest absolute Gasteiger partial charge is 0.224 e. The Kier molecular flexibility index (Phi) is 8.70. The Morgan fingerprint density at radius 2 is 1.97 bits per heavy atom. The molecule has 3 rings (SSSR count). The van der Waals surface area contributed by atoms with Crippen LogP contribution >= 0.6 is 0 Å². The highest BCUT2D eigenvalue weighted by atomic mass is 19.1. The van der Waals surface area contributed by atoms with Gasteiger partial charge in [-0.1, -0.05) is 12.1 Å². The van der Waals surface area contributed by atoms with E-state index in [-0.39, 0.29) is 36.7 Å². The number of benzene rings is 2. The zero-order chi connectivity index (χ0) is 22.9. The second-order valence-electron chi connectivity index (χ2n) is 7.97. The van der Waals surface area contributed by atoms with Crippen LogP contribution in [-0.2, 0) is 11.3 Å². The van der Waals surface area contributed by atoms with E-state index in [4.69, 9.17) is 19.3 Å². The van der Waals surface area contributed by atoms with Gasteiger partial charge in [0.25, 0.3) is 0 Å². The molecule has 2 atom stereocenters. The Morgan fingerprint density at radius 3 is 2.69 bits per heavy atom. The SMILES string of the molecule is COc1ccc(CN2C[C@@H](COc3cccc(F)c3)C[C@@H](C(=O)NCCO)C2)cc1OC. The standard InChI is InChI=1S/C24H31FN2O5/c1-30-22-7-6-17(11-23(22)31-2)13-27-14-18(10-19(15-27)24(29)26-8-9-28)16-32-21-5-3-4-20(25)12-21/h3-7,11-12,18-19,28H,8-10,13-16H2,1-2H3,(H,26,29)/t18-,19+/m0/s1. The average molecular weight is 447 g/mol. The largest absolute Gasteiger partial charge is 0.493 e. The number of hydrogen-bond donors (Lipinski definition) is 2. The molecular weight excluding hydrogens is 415 g/mol. The van der Waals surface area contributed by atoms with Crippen molar-refractivity contribution in [2.45, 2.75) is 13.0 Å². The van der Waals surface area contributed by atoms with Crippen molar-refractivity contribution in [3.05, 3.63) is 53.8 Å². The Morgan fingerprint density at radius 1 is 1.16 bits per heavy atom. The maximum atomic E-state index is 13.5. The molecule has 1 aliphatic rings. The lowest BCUT2D eigenvalue weighted by Crippen LogP contribution is -2.47. The number of rotatable bonds is 10. The molecule has 32 heavy (non-hydrogen) atoms. The van der Waals surface area contributed by atoms with Gasteiger partial charge in [0, 0.05) is 38.2 Å². The molecule has 174 valence electrons. The zero-order valence-electron chi connectivity index (χ0n) is 18.6. The number of likely N-dealkylation sites (tertiary alicyclic amines) is 1. The summed E-state index contributed by atoms with van der Waals surface area (Å²) in [5, 5.41) is 11.8. The molecule has 0 aliphatic carbocycles. The van der Waals surface area contributed by atoms with Crippen LogP contribution in [0.15, 0.2) is 42.5 Å². The number of halogens is 1. The molecule has 0 bridgehead atoms. The van der Waals surface area contributed by atoms with Crippen LogP contribution in [0.2, 0.25) is 0 Å². The topological polar surface area (TPSA) is 80.3 Å². The predicted molar refractivity (Wildman–Crippen MR) is 118 cm³/mol. The maximum Gasteiger partial charge on any atom is 0.224 e. The number of nitrogens with zero attached hydrogens (tertiary/aromatic N) is 1. The van der Waals surface area contributed by atoms with Crippen LogP contribution in [0.4, 0.5) is 4.39 Å². The summed E-state index contributed by atoms with van der Waals surface area (Å²) in [5.41, 5.74) is 1.05. The number of aliphatic hydroxyl groups excluding tert-OH is 1. The Bertz CT molecular complexity index is 894.